The average Bonchev–Trinajstić information content (AvgIpc) is 2.79. The van der Waals surface area contributed by atoms with Gasteiger partial charge in [-0.1, -0.05) is 44.6 Å². The third kappa shape index (κ3) is 7.31. The van der Waals surface area contributed by atoms with E-state index in [2.05, 4.69) is 4.98 Å². The molecular formula is C25H37NO5. The summed E-state index contributed by atoms with van der Waals surface area (Å²) in [7, 11) is 3.07. The van der Waals surface area contributed by atoms with Gasteiger partial charge in [-0.25, -0.2) is 0 Å². The fraction of sp³-hybridized carbons (Fsp3) is 0.560. The number of pyridine rings is 1. The summed E-state index contributed by atoms with van der Waals surface area (Å²) in [6.07, 6.45) is 11.4. The molecule has 0 spiro atoms. The van der Waals surface area contributed by atoms with E-state index >= 15 is 0 Å². The summed E-state index contributed by atoms with van der Waals surface area (Å²) in [6, 6.07) is 5.70. The van der Waals surface area contributed by atoms with Gasteiger partial charge in [0, 0.05) is 23.9 Å². The van der Waals surface area contributed by atoms with Gasteiger partial charge in [0.15, 0.2) is 11.5 Å². The Morgan fingerprint density at radius 2 is 1.48 bits per heavy atom. The van der Waals surface area contributed by atoms with Crippen molar-refractivity contribution in [2.24, 2.45) is 0 Å². The molecule has 2 N–H and O–H groups in total. The Kier molecular flexibility index (Phi) is 11.0. The van der Waals surface area contributed by atoms with E-state index in [-0.39, 0.29) is 5.75 Å². The largest absolute Gasteiger partial charge is 0.504 e. The monoisotopic (exact) mass is 431 g/mol. The lowest BCUT2D eigenvalue weighted by Gasteiger charge is -2.21. The highest BCUT2D eigenvalue weighted by atomic mass is 16.5. The summed E-state index contributed by atoms with van der Waals surface area (Å²) in [5, 5.41) is 19.6. The van der Waals surface area contributed by atoms with Gasteiger partial charge in [-0.15, -0.1) is 0 Å². The highest BCUT2D eigenvalue weighted by molar-refractivity contribution is 5.66. The van der Waals surface area contributed by atoms with Gasteiger partial charge in [-0.2, -0.15) is 0 Å². The van der Waals surface area contributed by atoms with Gasteiger partial charge in [-0.05, 0) is 38.3 Å². The van der Waals surface area contributed by atoms with Crippen LogP contribution in [0.1, 0.15) is 68.2 Å². The van der Waals surface area contributed by atoms with E-state index in [1.807, 2.05) is 25.1 Å². The molecule has 2 aromatic rings. The molecule has 0 aliphatic heterocycles. The lowest BCUT2D eigenvalue weighted by Crippen LogP contribution is -2.05. The summed E-state index contributed by atoms with van der Waals surface area (Å²) in [4.78, 5) is 4.30. The highest BCUT2D eigenvalue weighted by Crippen LogP contribution is 2.49. The molecule has 0 saturated carbocycles. The number of benzene rings is 1. The van der Waals surface area contributed by atoms with Crippen molar-refractivity contribution in [3.8, 4) is 23.0 Å². The minimum Gasteiger partial charge on any atom is -0.504 e. The van der Waals surface area contributed by atoms with Crippen LogP contribution in [0.2, 0.25) is 0 Å². The first-order valence-corrected chi connectivity index (χ1v) is 11.2. The maximum atomic E-state index is 10.8. The van der Waals surface area contributed by atoms with E-state index in [0.717, 1.165) is 48.9 Å². The lowest BCUT2D eigenvalue weighted by molar-refractivity contribution is 0.265. The molecule has 0 amide bonds. The van der Waals surface area contributed by atoms with E-state index in [4.69, 9.17) is 19.3 Å². The number of phenols is 1. The van der Waals surface area contributed by atoms with Gasteiger partial charge in [-0.3, -0.25) is 4.98 Å². The second kappa shape index (κ2) is 13.8. The summed E-state index contributed by atoms with van der Waals surface area (Å²) in [5.41, 5.74) is 2.53. The first kappa shape index (κ1) is 24.8. The molecule has 0 aliphatic carbocycles. The minimum atomic E-state index is 0.131. The Bertz CT molecular complexity index is 779. The molecule has 6 heteroatoms. The Balaban J connectivity index is 2.03. The second-order valence-corrected chi connectivity index (χ2v) is 7.76. The van der Waals surface area contributed by atoms with Crippen LogP contribution in [0.5, 0.6) is 23.0 Å². The van der Waals surface area contributed by atoms with E-state index in [1.54, 1.807) is 13.3 Å². The molecule has 0 saturated heterocycles. The van der Waals surface area contributed by atoms with Crippen LogP contribution in [-0.4, -0.2) is 36.0 Å². The summed E-state index contributed by atoms with van der Waals surface area (Å²) in [6.45, 7) is 2.55. The van der Waals surface area contributed by atoms with Gasteiger partial charge in [0.25, 0.3) is 0 Å². The van der Waals surface area contributed by atoms with E-state index in [1.165, 1.54) is 32.8 Å². The van der Waals surface area contributed by atoms with Crippen molar-refractivity contribution in [3.63, 3.8) is 0 Å². The van der Waals surface area contributed by atoms with Crippen LogP contribution in [0, 0.1) is 6.92 Å². The van der Waals surface area contributed by atoms with E-state index < -0.39 is 0 Å². The molecule has 0 bridgehead atoms. The molecule has 6 nitrogen and oxygen atoms in total. The molecule has 0 atom stereocenters. The first-order valence-electron chi connectivity index (χ1n) is 11.2. The second-order valence-electron chi connectivity index (χ2n) is 7.76. The zero-order valence-electron chi connectivity index (χ0n) is 19.2. The Hall–Kier alpha value is -2.47. The van der Waals surface area contributed by atoms with Crippen molar-refractivity contribution in [2.45, 2.75) is 71.3 Å². The smallest absolute Gasteiger partial charge is 0.207 e. The maximum absolute atomic E-state index is 10.8. The third-order valence-electron chi connectivity index (χ3n) is 5.54. The predicted molar refractivity (Wildman–Crippen MR) is 122 cm³/mol. The number of hydrogen-bond donors (Lipinski definition) is 2. The number of aliphatic hydroxyl groups is 1. The van der Waals surface area contributed by atoms with Gasteiger partial charge < -0.3 is 24.4 Å². The van der Waals surface area contributed by atoms with Crippen molar-refractivity contribution in [1.29, 1.82) is 0 Å². The molecule has 1 aromatic carbocycles. The highest BCUT2D eigenvalue weighted by Gasteiger charge is 2.24. The summed E-state index contributed by atoms with van der Waals surface area (Å²) in [5.74, 6) is 1.43. The van der Waals surface area contributed by atoms with E-state index in [0.29, 0.717) is 30.5 Å². The number of aliphatic hydroxyl groups excluding tert-OH is 1. The Morgan fingerprint density at radius 1 is 0.839 bits per heavy atom. The molecular weight excluding hydrogens is 394 g/mol. The lowest BCUT2D eigenvalue weighted by atomic mass is 9.98. The third-order valence-corrected chi connectivity index (χ3v) is 5.54. The van der Waals surface area contributed by atoms with E-state index in [9.17, 15) is 5.11 Å². The van der Waals surface area contributed by atoms with Crippen LogP contribution in [0.4, 0.5) is 0 Å². The summed E-state index contributed by atoms with van der Waals surface area (Å²) < 4.78 is 17.1. The number of aromatic hydroxyl groups is 1. The van der Waals surface area contributed by atoms with Crippen LogP contribution in [-0.2, 0) is 13.0 Å². The predicted octanol–water partition coefficient (Wildman–Crippen LogP) is 5.35. The fourth-order valence-corrected chi connectivity index (χ4v) is 3.79. The fourth-order valence-electron chi connectivity index (χ4n) is 3.79. The number of aromatic nitrogens is 1. The van der Waals surface area contributed by atoms with Crippen LogP contribution < -0.4 is 14.2 Å². The van der Waals surface area contributed by atoms with Crippen molar-refractivity contribution < 1.29 is 24.4 Å². The number of hydrogen-bond acceptors (Lipinski definition) is 6. The number of nitrogens with zero attached hydrogens (tertiary/aromatic N) is 1. The van der Waals surface area contributed by atoms with Crippen LogP contribution in [0.15, 0.2) is 24.4 Å². The molecule has 31 heavy (non-hydrogen) atoms. The molecule has 0 fully saturated rings. The molecule has 1 aromatic heterocycles. The quantitative estimate of drug-likeness (QED) is 0.370. The van der Waals surface area contributed by atoms with Gasteiger partial charge in [0.2, 0.25) is 11.5 Å². The maximum Gasteiger partial charge on any atom is 0.207 e. The molecule has 1 heterocycles. The average molecular weight is 432 g/mol. The van der Waals surface area contributed by atoms with Gasteiger partial charge in [0.1, 0.15) is 6.61 Å². The standard InChI is InChI=1S/C25H37NO5/c1-19-21(15-10-8-6-4-5-7-9-13-17-27)22(28)24(29-2)25(30-3)23(19)31-18-20-14-11-12-16-26-20/h11-12,14,16,27-28H,4-10,13,15,17-18H2,1-3H3. The van der Waals surface area contributed by atoms with Crippen LogP contribution in [0.25, 0.3) is 0 Å². The minimum absolute atomic E-state index is 0.131. The van der Waals surface area contributed by atoms with Crippen molar-refractivity contribution in [1.82, 2.24) is 4.98 Å². The molecule has 0 radical (unpaired) electrons. The Labute approximate surface area is 186 Å². The molecule has 2 rings (SSSR count). The van der Waals surface area contributed by atoms with Crippen molar-refractivity contribution in [2.75, 3.05) is 20.8 Å². The first-order chi connectivity index (χ1) is 15.1. The van der Waals surface area contributed by atoms with Gasteiger partial charge >= 0.3 is 0 Å². The number of unbranched alkanes of at least 4 members (excludes halogenated alkanes) is 7. The Morgan fingerprint density at radius 3 is 2.06 bits per heavy atom. The number of ether oxygens (including phenoxy) is 3. The van der Waals surface area contributed by atoms with Crippen LogP contribution in [0.3, 0.4) is 0 Å². The number of methoxy groups -OCH3 is 2. The topological polar surface area (TPSA) is 81.0 Å². The summed E-state index contributed by atoms with van der Waals surface area (Å²) >= 11 is 0. The SMILES string of the molecule is COc1c(O)c(CCCCCCCCCCO)c(C)c(OCc2ccccn2)c1OC. The number of phenolic OH excluding ortho intramolecular Hbond substituents is 1. The molecule has 0 aliphatic rings. The molecule has 172 valence electrons. The zero-order valence-corrected chi connectivity index (χ0v) is 19.2. The normalized spacial score (nSPS) is 10.8. The van der Waals surface area contributed by atoms with Crippen LogP contribution >= 0.6 is 0 Å². The van der Waals surface area contributed by atoms with Gasteiger partial charge in [0.05, 0.1) is 19.9 Å². The number of rotatable bonds is 15. The van der Waals surface area contributed by atoms with Crippen molar-refractivity contribution >= 4 is 0 Å². The molecule has 0 unspecified atom stereocenters. The van der Waals surface area contributed by atoms with Crippen molar-refractivity contribution in [3.05, 3.63) is 41.2 Å². The zero-order chi connectivity index (χ0) is 22.5.